The van der Waals surface area contributed by atoms with Crippen molar-refractivity contribution >= 4 is 11.0 Å². The summed E-state index contributed by atoms with van der Waals surface area (Å²) >= 11 is 0. The van der Waals surface area contributed by atoms with E-state index in [0.29, 0.717) is 6.42 Å². The molecule has 1 aromatic carbocycles. The lowest BCUT2D eigenvalue weighted by Gasteiger charge is -2.07. The van der Waals surface area contributed by atoms with Crippen LogP contribution in [0.15, 0.2) is 30.6 Å². The van der Waals surface area contributed by atoms with E-state index in [0.717, 1.165) is 16.6 Å². The number of aliphatic hydroxyl groups is 1. The van der Waals surface area contributed by atoms with Crippen LogP contribution in [0.2, 0.25) is 0 Å². The van der Waals surface area contributed by atoms with Crippen LogP contribution in [0.1, 0.15) is 25.0 Å². The van der Waals surface area contributed by atoms with E-state index in [1.54, 1.807) is 12.4 Å². The van der Waals surface area contributed by atoms with Gasteiger partial charge >= 0.3 is 0 Å². The maximum Gasteiger partial charge on any atom is 0.0890 e. The molecule has 1 atom stereocenters. The highest BCUT2D eigenvalue weighted by atomic mass is 16.3. The van der Waals surface area contributed by atoms with Crippen LogP contribution in [0.4, 0.5) is 0 Å². The van der Waals surface area contributed by atoms with Gasteiger partial charge in [0.15, 0.2) is 0 Å². The van der Waals surface area contributed by atoms with Crippen LogP contribution in [-0.2, 0) is 0 Å². The largest absolute Gasteiger partial charge is 0.388 e. The number of aromatic nitrogens is 2. The Balaban J connectivity index is 2.51. The average Bonchev–Trinajstić information content (AvgIpc) is 2.27. The van der Waals surface area contributed by atoms with Crippen molar-refractivity contribution in [3.05, 3.63) is 36.2 Å². The molecule has 72 valence electrons. The minimum Gasteiger partial charge on any atom is -0.388 e. The van der Waals surface area contributed by atoms with E-state index in [2.05, 4.69) is 9.97 Å². The average molecular weight is 188 g/mol. The zero-order chi connectivity index (χ0) is 9.97. The number of nitrogens with zero attached hydrogens (tertiary/aromatic N) is 2. The molecule has 1 N–H and O–H groups in total. The molecular weight excluding hydrogens is 176 g/mol. The van der Waals surface area contributed by atoms with E-state index >= 15 is 0 Å². The fourth-order valence-corrected chi connectivity index (χ4v) is 1.42. The normalized spacial score (nSPS) is 13.0. The highest BCUT2D eigenvalue weighted by molar-refractivity contribution is 5.74. The Kier molecular flexibility index (Phi) is 2.41. The lowest BCUT2D eigenvalue weighted by Crippen LogP contribution is -1.95. The first-order valence-corrected chi connectivity index (χ1v) is 4.70. The van der Waals surface area contributed by atoms with Crippen molar-refractivity contribution in [1.82, 2.24) is 9.97 Å². The fraction of sp³-hybridized carbons (Fsp3) is 0.273. The Morgan fingerprint density at radius 2 is 1.93 bits per heavy atom. The Labute approximate surface area is 82.4 Å². The second-order valence-electron chi connectivity index (χ2n) is 3.23. The molecule has 3 heteroatoms. The summed E-state index contributed by atoms with van der Waals surface area (Å²) in [6.07, 6.45) is 3.63. The van der Waals surface area contributed by atoms with Gasteiger partial charge in [0.25, 0.3) is 0 Å². The summed E-state index contributed by atoms with van der Waals surface area (Å²) in [6, 6.07) is 5.66. The second kappa shape index (κ2) is 3.72. The Morgan fingerprint density at radius 1 is 1.21 bits per heavy atom. The minimum atomic E-state index is -0.401. The van der Waals surface area contributed by atoms with Crippen molar-refractivity contribution in [3.8, 4) is 0 Å². The molecule has 0 amide bonds. The maximum atomic E-state index is 9.64. The Bertz CT molecular complexity index is 442. The third-order valence-corrected chi connectivity index (χ3v) is 2.26. The zero-order valence-corrected chi connectivity index (χ0v) is 8.01. The van der Waals surface area contributed by atoms with Crippen LogP contribution in [-0.4, -0.2) is 15.1 Å². The van der Waals surface area contributed by atoms with E-state index in [-0.39, 0.29) is 0 Å². The molecule has 3 nitrogen and oxygen atoms in total. The molecule has 14 heavy (non-hydrogen) atoms. The number of aliphatic hydroxyl groups excluding tert-OH is 1. The molecule has 0 fully saturated rings. The summed E-state index contributed by atoms with van der Waals surface area (Å²) in [5, 5.41) is 9.64. The molecule has 0 saturated heterocycles. The summed E-state index contributed by atoms with van der Waals surface area (Å²) in [6.45, 7) is 1.95. The molecule has 1 aromatic heterocycles. The van der Waals surface area contributed by atoms with Crippen LogP contribution < -0.4 is 0 Å². The number of fused-ring (bicyclic) bond motifs is 1. The summed E-state index contributed by atoms with van der Waals surface area (Å²) in [5.41, 5.74) is 2.59. The fourth-order valence-electron chi connectivity index (χ4n) is 1.42. The van der Waals surface area contributed by atoms with Gasteiger partial charge in [-0.05, 0) is 24.1 Å². The first-order chi connectivity index (χ1) is 6.81. The minimum absolute atomic E-state index is 0.401. The van der Waals surface area contributed by atoms with E-state index in [1.807, 2.05) is 25.1 Å². The highest BCUT2D eigenvalue weighted by Crippen LogP contribution is 2.19. The molecule has 0 aliphatic carbocycles. The molecule has 0 aliphatic rings. The summed E-state index contributed by atoms with van der Waals surface area (Å²) in [4.78, 5) is 8.35. The summed E-state index contributed by atoms with van der Waals surface area (Å²) in [5.74, 6) is 0. The van der Waals surface area contributed by atoms with Gasteiger partial charge in [-0.25, -0.2) is 0 Å². The second-order valence-corrected chi connectivity index (χ2v) is 3.23. The lowest BCUT2D eigenvalue weighted by molar-refractivity contribution is 0.174. The van der Waals surface area contributed by atoms with Crippen molar-refractivity contribution in [2.45, 2.75) is 19.4 Å². The van der Waals surface area contributed by atoms with Crippen LogP contribution >= 0.6 is 0 Å². The van der Waals surface area contributed by atoms with Crippen molar-refractivity contribution in [1.29, 1.82) is 0 Å². The van der Waals surface area contributed by atoms with Gasteiger partial charge in [-0.15, -0.1) is 0 Å². The molecule has 0 unspecified atom stereocenters. The van der Waals surface area contributed by atoms with Gasteiger partial charge in [-0.2, -0.15) is 0 Å². The predicted octanol–water partition coefficient (Wildman–Crippen LogP) is 2.07. The van der Waals surface area contributed by atoms with Crippen LogP contribution in [0.25, 0.3) is 11.0 Å². The van der Waals surface area contributed by atoms with Crippen molar-refractivity contribution in [3.63, 3.8) is 0 Å². The molecule has 2 rings (SSSR count). The van der Waals surface area contributed by atoms with Crippen LogP contribution in [0.3, 0.4) is 0 Å². The molecule has 0 bridgehead atoms. The van der Waals surface area contributed by atoms with Gasteiger partial charge in [0, 0.05) is 12.4 Å². The van der Waals surface area contributed by atoms with E-state index in [9.17, 15) is 5.11 Å². The van der Waals surface area contributed by atoms with Crippen molar-refractivity contribution in [2.75, 3.05) is 0 Å². The maximum absolute atomic E-state index is 9.64. The van der Waals surface area contributed by atoms with Crippen LogP contribution in [0, 0.1) is 0 Å². The van der Waals surface area contributed by atoms with Crippen molar-refractivity contribution in [2.24, 2.45) is 0 Å². The quantitative estimate of drug-likeness (QED) is 0.784. The van der Waals surface area contributed by atoms with Gasteiger partial charge in [-0.3, -0.25) is 9.97 Å². The third-order valence-electron chi connectivity index (χ3n) is 2.26. The first-order valence-electron chi connectivity index (χ1n) is 4.70. The van der Waals surface area contributed by atoms with Gasteiger partial charge in [0.05, 0.1) is 17.1 Å². The predicted molar refractivity (Wildman–Crippen MR) is 54.8 cm³/mol. The topological polar surface area (TPSA) is 46.0 Å². The molecule has 2 aromatic rings. The lowest BCUT2D eigenvalue weighted by atomic mass is 10.1. The number of rotatable bonds is 2. The Hall–Kier alpha value is -1.48. The molecule has 0 saturated carbocycles. The number of benzene rings is 1. The molecule has 0 radical (unpaired) electrons. The summed E-state index contributed by atoms with van der Waals surface area (Å²) in [7, 11) is 0. The van der Waals surface area contributed by atoms with Gasteiger partial charge in [-0.1, -0.05) is 13.0 Å². The smallest absolute Gasteiger partial charge is 0.0890 e. The standard InChI is InChI=1S/C11H12N2O/c1-2-11(14)8-3-4-9-10(7-8)13-6-5-12-9/h3-7,11,14H,2H2,1H3/t11-/m0/s1. The first kappa shape index (κ1) is 9.09. The van der Waals surface area contributed by atoms with Gasteiger partial charge in [0.1, 0.15) is 0 Å². The Morgan fingerprint density at radius 3 is 2.64 bits per heavy atom. The van der Waals surface area contributed by atoms with E-state index in [1.165, 1.54) is 0 Å². The molecule has 1 heterocycles. The van der Waals surface area contributed by atoms with Gasteiger partial charge < -0.3 is 5.11 Å². The SMILES string of the molecule is CC[C@H](O)c1ccc2nccnc2c1. The highest BCUT2D eigenvalue weighted by Gasteiger charge is 2.05. The number of hydrogen-bond acceptors (Lipinski definition) is 3. The van der Waals surface area contributed by atoms with Gasteiger partial charge in [0.2, 0.25) is 0 Å². The monoisotopic (exact) mass is 188 g/mol. The molecular formula is C11H12N2O. The number of hydrogen-bond donors (Lipinski definition) is 1. The zero-order valence-electron chi connectivity index (χ0n) is 8.01. The van der Waals surface area contributed by atoms with E-state index < -0.39 is 6.10 Å². The molecule has 0 aliphatic heterocycles. The summed E-state index contributed by atoms with van der Waals surface area (Å²) < 4.78 is 0. The van der Waals surface area contributed by atoms with Crippen molar-refractivity contribution < 1.29 is 5.11 Å². The molecule has 0 spiro atoms. The third kappa shape index (κ3) is 1.59. The van der Waals surface area contributed by atoms with Crippen LogP contribution in [0.5, 0.6) is 0 Å². The van der Waals surface area contributed by atoms with E-state index in [4.69, 9.17) is 0 Å².